The molecule has 30 heavy (non-hydrogen) atoms. The molecule has 2 fully saturated rings. The molecule has 0 saturated carbocycles. The molecule has 1 unspecified atom stereocenters. The van der Waals surface area contributed by atoms with Crippen LogP contribution in [-0.4, -0.2) is 61.9 Å². The van der Waals surface area contributed by atoms with Gasteiger partial charge in [0.25, 0.3) is 0 Å². The van der Waals surface area contributed by atoms with Crippen LogP contribution < -0.4 is 4.90 Å². The van der Waals surface area contributed by atoms with Crippen molar-refractivity contribution in [2.45, 2.75) is 32.4 Å². The summed E-state index contributed by atoms with van der Waals surface area (Å²) in [6, 6.07) is 8.15. The zero-order valence-electron chi connectivity index (χ0n) is 17.2. The van der Waals surface area contributed by atoms with Gasteiger partial charge in [-0.1, -0.05) is 0 Å². The van der Waals surface area contributed by atoms with Gasteiger partial charge in [-0.05, 0) is 57.1 Å². The van der Waals surface area contributed by atoms with E-state index in [9.17, 15) is 0 Å². The van der Waals surface area contributed by atoms with E-state index < -0.39 is 0 Å². The van der Waals surface area contributed by atoms with E-state index in [0.29, 0.717) is 34.2 Å². The van der Waals surface area contributed by atoms with Gasteiger partial charge in [-0.3, -0.25) is 4.90 Å². The number of rotatable bonds is 2. The molecule has 0 radical (unpaired) electrons. The molecule has 2 bridgehead atoms. The van der Waals surface area contributed by atoms with Gasteiger partial charge in [0.1, 0.15) is 5.82 Å². The van der Waals surface area contributed by atoms with Gasteiger partial charge in [-0.15, -0.1) is 10.2 Å². The SMILES string of the molecule is Cc1cn2nc(-c3cc(F)c4cc(N5C[C@H]6CC5CN6C)nnc4c3)cc(C)c2n1. The van der Waals surface area contributed by atoms with Gasteiger partial charge in [-0.2, -0.15) is 5.10 Å². The summed E-state index contributed by atoms with van der Waals surface area (Å²) < 4.78 is 16.9. The Hall–Kier alpha value is -3.13. The molecule has 3 aromatic heterocycles. The maximum atomic E-state index is 15.1. The fourth-order valence-corrected chi connectivity index (χ4v) is 4.91. The highest BCUT2D eigenvalue weighted by Crippen LogP contribution is 2.34. The summed E-state index contributed by atoms with van der Waals surface area (Å²) in [6.07, 6.45) is 3.01. The number of imidazole rings is 1. The highest BCUT2D eigenvalue weighted by molar-refractivity contribution is 5.86. The molecule has 8 heteroatoms. The second-order valence-electron chi connectivity index (χ2n) is 8.59. The first-order valence-electron chi connectivity index (χ1n) is 10.2. The van der Waals surface area contributed by atoms with Crippen molar-refractivity contribution in [3.8, 4) is 11.3 Å². The van der Waals surface area contributed by atoms with E-state index in [2.05, 4.69) is 37.1 Å². The molecule has 2 aliphatic rings. The fraction of sp³-hybridized carbons (Fsp3) is 0.364. The van der Waals surface area contributed by atoms with Gasteiger partial charge < -0.3 is 4.90 Å². The molecule has 152 valence electrons. The van der Waals surface area contributed by atoms with Crippen molar-refractivity contribution in [2.75, 3.05) is 25.0 Å². The van der Waals surface area contributed by atoms with Crippen LogP contribution in [0.15, 0.2) is 30.5 Å². The molecule has 0 N–H and O–H groups in total. The molecule has 2 saturated heterocycles. The van der Waals surface area contributed by atoms with Crippen molar-refractivity contribution in [2.24, 2.45) is 0 Å². The van der Waals surface area contributed by atoms with E-state index in [4.69, 9.17) is 0 Å². The zero-order valence-corrected chi connectivity index (χ0v) is 17.2. The van der Waals surface area contributed by atoms with Crippen LogP contribution in [0.5, 0.6) is 0 Å². The number of aryl methyl sites for hydroxylation is 2. The van der Waals surface area contributed by atoms with E-state index in [1.54, 1.807) is 4.52 Å². The number of halogens is 1. The molecule has 7 nitrogen and oxygen atoms in total. The topological polar surface area (TPSA) is 62.5 Å². The molecule has 0 aliphatic carbocycles. The first-order chi connectivity index (χ1) is 14.5. The molecule has 6 rings (SSSR count). The van der Waals surface area contributed by atoms with Crippen molar-refractivity contribution in [3.05, 3.63) is 47.5 Å². The third kappa shape index (κ3) is 2.60. The Kier molecular flexibility index (Phi) is 3.65. The Bertz CT molecular complexity index is 1310. The van der Waals surface area contributed by atoms with Gasteiger partial charge in [0.05, 0.1) is 23.1 Å². The molecule has 1 aromatic carbocycles. The minimum atomic E-state index is -0.304. The van der Waals surface area contributed by atoms with Crippen LogP contribution >= 0.6 is 0 Å². The van der Waals surface area contributed by atoms with Crippen molar-refractivity contribution in [1.29, 1.82) is 0 Å². The number of anilines is 1. The van der Waals surface area contributed by atoms with Crippen molar-refractivity contribution < 1.29 is 4.39 Å². The molecular formula is C22H22FN7. The standard InChI is InChI=1S/C22H22FN7/c1-12-4-19(27-30-9-13(2)24-22(12)30)14-5-18(23)17-8-21(26-25-20(17)6-14)29-11-15-7-16(29)10-28(15)3/h4-6,8-9,15-16H,7,10-11H2,1-3H3/t15-,16?/m1/s1. The quantitative estimate of drug-likeness (QED) is 0.513. The predicted molar refractivity (Wildman–Crippen MR) is 113 cm³/mol. The average Bonchev–Trinajstić information content (AvgIpc) is 3.40. The molecule has 0 amide bonds. The monoisotopic (exact) mass is 403 g/mol. The summed E-state index contributed by atoms with van der Waals surface area (Å²) >= 11 is 0. The summed E-state index contributed by atoms with van der Waals surface area (Å²) in [7, 11) is 2.16. The Balaban J connectivity index is 1.41. The van der Waals surface area contributed by atoms with E-state index in [1.807, 2.05) is 38.2 Å². The summed E-state index contributed by atoms with van der Waals surface area (Å²) in [5.41, 5.74) is 4.60. The average molecular weight is 403 g/mol. The third-order valence-electron chi connectivity index (χ3n) is 6.48. The number of aromatic nitrogens is 5. The molecule has 5 heterocycles. The second-order valence-corrected chi connectivity index (χ2v) is 8.59. The number of likely N-dealkylation sites (tertiary alicyclic amines) is 1. The second kappa shape index (κ2) is 6.18. The normalized spacial score (nSPS) is 21.4. The molecule has 4 aromatic rings. The fourth-order valence-electron chi connectivity index (χ4n) is 4.91. The zero-order chi connectivity index (χ0) is 20.6. The predicted octanol–water partition coefficient (Wildman–Crippen LogP) is 2.99. The Labute approximate surface area is 173 Å². The Morgan fingerprint density at radius 1 is 1.03 bits per heavy atom. The molecular weight excluding hydrogens is 381 g/mol. The van der Waals surface area contributed by atoms with Crippen LogP contribution in [-0.2, 0) is 0 Å². The number of nitrogens with zero attached hydrogens (tertiary/aromatic N) is 7. The lowest BCUT2D eigenvalue weighted by molar-refractivity contribution is 0.292. The highest BCUT2D eigenvalue weighted by Gasteiger charge is 2.42. The van der Waals surface area contributed by atoms with E-state index >= 15 is 4.39 Å². The largest absolute Gasteiger partial charge is 0.349 e. The van der Waals surface area contributed by atoms with Crippen molar-refractivity contribution >= 4 is 22.4 Å². The van der Waals surface area contributed by atoms with E-state index in [0.717, 1.165) is 42.2 Å². The third-order valence-corrected chi connectivity index (χ3v) is 6.48. The molecule has 2 aliphatic heterocycles. The number of likely N-dealkylation sites (N-methyl/N-ethyl adjacent to an activating group) is 1. The Morgan fingerprint density at radius 3 is 2.67 bits per heavy atom. The van der Waals surface area contributed by atoms with E-state index in [-0.39, 0.29) is 5.82 Å². The first kappa shape index (κ1) is 17.7. The number of benzene rings is 1. The minimum Gasteiger partial charge on any atom is -0.349 e. The minimum absolute atomic E-state index is 0.304. The summed E-state index contributed by atoms with van der Waals surface area (Å²) in [4.78, 5) is 9.13. The van der Waals surface area contributed by atoms with Crippen molar-refractivity contribution in [3.63, 3.8) is 0 Å². The van der Waals surface area contributed by atoms with Gasteiger partial charge in [0.2, 0.25) is 0 Å². The Morgan fingerprint density at radius 2 is 1.90 bits per heavy atom. The van der Waals surface area contributed by atoms with Gasteiger partial charge in [0, 0.05) is 36.1 Å². The summed E-state index contributed by atoms with van der Waals surface area (Å²) in [5.74, 6) is 0.459. The van der Waals surface area contributed by atoms with Gasteiger partial charge in [-0.25, -0.2) is 13.9 Å². The van der Waals surface area contributed by atoms with Crippen molar-refractivity contribution in [1.82, 2.24) is 29.7 Å². The van der Waals surface area contributed by atoms with Crippen LogP contribution in [0.4, 0.5) is 10.2 Å². The van der Waals surface area contributed by atoms with Crippen LogP contribution in [0, 0.1) is 19.7 Å². The maximum absolute atomic E-state index is 15.1. The summed E-state index contributed by atoms with van der Waals surface area (Å²) in [5, 5.41) is 13.9. The maximum Gasteiger partial charge on any atom is 0.156 e. The highest BCUT2D eigenvalue weighted by atomic mass is 19.1. The van der Waals surface area contributed by atoms with Gasteiger partial charge in [0.15, 0.2) is 11.5 Å². The van der Waals surface area contributed by atoms with Crippen LogP contribution in [0.1, 0.15) is 17.7 Å². The number of hydrogen-bond acceptors (Lipinski definition) is 6. The van der Waals surface area contributed by atoms with Crippen LogP contribution in [0.3, 0.4) is 0 Å². The lowest BCUT2D eigenvalue weighted by Gasteiger charge is -2.32. The first-order valence-corrected chi connectivity index (χ1v) is 10.2. The summed E-state index contributed by atoms with van der Waals surface area (Å²) in [6.45, 7) is 5.86. The number of piperazine rings is 1. The number of fused-ring (bicyclic) bond motifs is 4. The number of hydrogen-bond donors (Lipinski definition) is 0. The van der Waals surface area contributed by atoms with E-state index in [1.165, 1.54) is 6.07 Å². The molecule has 2 atom stereocenters. The molecule has 0 spiro atoms. The van der Waals surface area contributed by atoms with Gasteiger partial charge >= 0.3 is 0 Å². The lowest BCUT2D eigenvalue weighted by atomic mass is 10.1. The van der Waals surface area contributed by atoms with Crippen LogP contribution in [0.25, 0.3) is 27.8 Å². The smallest absolute Gasteiger partial charge is 0.156 e. The van der Waals surface area contributed by atoms with Crippen LogP contribution in [0.2, 0.25) is 0 Å². The lowest BCUT2D eigenvalue weighted by Crippen LogP contribution is -2.44.